The molecule has 2 aliphatic heterocycles. The Labute approximate surface area is 172 Å². The second-order valence-electron chi connectivity index (χ2n) is 7.81. The summed E-state index contributed by atoms with van der Waals surface area (Å²) in [5.74, 6) is -1.85. The Bertz CT molecular complexity index is 1070. The number of halogens is 3. The van der Waals surface area contributed by atoms with E-state index in [1.54, 1.807) is 17.0 Å². The molecule has 0 aliphatic carbocycles. The third-order valence-corrected chi connectivity index (χ3v) is 7.67. The normalized spacial score (nSPS) is 23.5. The van der Waals surface area contributed by atoms with Gasteiger partial charge in [-0.05, 0) is 38.3 Å². The number of sulfonamides is 1. The van der Waals surface area contributed by atoms with E-state index in [2.05, 4.69) is 4.42 Å². The quantitative estimate of drug-likeness (QED) is 0.725. The molecular weight excluding hydrogens is 421 g/mol. The molecule has 4 rings (SSSR count). The van der Waals surface area contributed by atoms with Crippen molar-refractivity contribution in [1.29, 1.82) is 0 Å². The number of alkyl halides is 3. The number of furan rings is 1. The van der Waals surface area contributed by atoms with E-state index in [0.29, 0.717) is 25.8 Å². The molecule has 30 heavy (non-hydrogen) atoms. The second-order valence-corrected chi connectivity index (χ2v) is 9.72. The smallest absolute Gasteiger partial charge is 0.450 e. The van der Waals surface area contributed by atoms with Crippen molar-refractivity contribution in [3.05, 3.63) is 47.9 Å². The van der Waals surface area contributed by atoms with Crippen LogP contribution < -0.4 is 4.90 Å². The van der Waals surface area contributed by atoms with Crippen molar-refractivity contribution in [2.24, 2.45) is 5.41 Å². The molecule has 0 bridgehead atoms. The molecule has 1 atom stereocenters. The highest BCUT2D eigenvalue weighted by Crippen LogP contribution is 2.44. The van der Waals surface area contributed by atoms with Gasteiger partial charge in [-0.3, -0.25) is 4.79 Å². The van der Waals surface area contributed by atoms with Gasteiger partial charge in [0.25, 0.3) is 0 Å². The topological polar surface area (TPSA) is 70.8 Å². The van der Waals surface area contributed by atoms with Crippen LogP contribution in [0, 0.1) is 12.3 Å². The van der Waals surface area contributed by atoms with Crippen molar-refractivity contribution in [3.63, 3.8) is 0 Å². The minimum atomic E-state index is -4.93. The number of carbonyl (C=O) groups excluding carboxylic acids is 1. The molecule has 1 spiro atoms. The Hall–Kier alpha value is -2.33. The van der Waals surface area contributed by atoms with Crippen molar-refractivity contribution in [1.82, 2.24) is 4.31 Å². The van der Waals surface area contributed by atoms with Crippen LogP contribution in [-0.2, 0) is 21.0 Å². The molecule has 3 heterocycles. The van der Waals surface area contributed by atoms with E-state index in [1.807, 2.05) is 18.2 Å². The SMILES string of the molecule is Cc1cc(S(=O)(=O)N2CCCC3(CCN(c4ccccc4)C3=O)C2)c(C(F)(F)F)o1. The maximum Gasteiger partial charge on any atom is 0.450 e. The first-order valence-electron chi connectivity index (χ1n) is 9.59. The number of aryl methyl sites for hydroxylation is 1. The van der Waals surface area contributed by atoms with Crippen LogP contribution in [0.15, 0.2) is 45.7 Å². The summed E-state index contributed by atoms with van der Waals surface area (Å²) in [6.45, 7) is 1.63. The third kappa shape index (κ3) is 3.41. The number of piperidine rings is 1. The van der Waals surface area contributed by atoms with Gasteiger partial charge in [-0.1, -0.05) is 18.2 Å². The van der Waals surface area contributed by atoms with Crippen LogP contribution in [-0.4, -0.2) is 38.3 Å². The van der Waals surface area contributed by atoms with Gasteiger partial charge in [-0.25, -0.2) is 8.42 Å². The van der Waals surface area contributed by atoms with Crippen LogP contribution in [0.5, 0.6) is 0 Å². The van der Waals surface area contributed by atoms with Gasteiger partial charge in [0.2, 0.25) is 21.7 Å². The summed E-state index contributed by atoms with van der Waals surface area (Å²) in [6, 6.07) is 9.96. The van der Waals surface area contributed by atoms with E-state index in [0.717, 1.165) is 16.1 Å². The lowest BCUT2D eigenvalue weighted by Gasteiger charge is -2.38. The first-order valence-corrected chi connectivity index (χ1v) is 11.0. The Morgan fingerprint density at radius 2 is 1.80 bits per heavy atom. The maximum absolute atomic E-state index is 13.3. The number of benzene rings is 1. The summed E-state index contributed by atoms with van der Waals surface area (Å²) in [4.78, 5) is 14.0. The molecule has 2 fully saturated rings. The molecule has 0 saturated carbocycles. The lowest BCUT2D eigenvalue weighted by atomic mass is 9.79. The van der Waals surface area contributed by atoms with E-state index in [-0.39, 0.29) is 24.8 Å². The average Bonchev–Trinajstić information content (AvgIpc) is 3.24. The fourth-order valence-electron chi connectivity index (χ4n) is 4.37. The molecule has 1 aromatic carbocycles. The minimum Gasteiger partial charge on any atom is -0.455 e. The van der Waals surface area contributed by atoms with Gasteiger partial charge in [0.15, 0.2) is 0 Å². The largest absolute Gasteiger partial charge is 0.455 e. The molecular formula is C20H21F3N2O4S. The van der Waals surface area contributed by atoms with Gasteiger partial charge < -0.3 is 9.32 Å². The van der Waals surface area contributed by atoms with Crippen molar-refractivity contribution in [2.75, 3.05) is 24.5 Å². The Morgan fingerprint density at radius 3 is 2.47 bits per heavy atom. The third-order valence-electron chi connectivity index (χ3n) is 5.82. The molecule has 1 aromatic heterocycles. The van der Waals surface area contributed by atoms with Crippen LogP contribution in [0.1, 0.15) is 30.8 Å². The molecule has 2 aliphatic rings. The predicted octanol–water partition coefficient (Wildman–Crippen LogP) is 3.81. The van der Waals surface area contributed by atoms with E-state index in [4.69, 9.17) is 0 Å². The number of hydrogen-bond donors (Lipinski definition) is 0. The lowest BCUT2D eigenvalue weighted by Crippen LogP contribution is -2.50. The van der Waals surface area contributed by atoms with Crippen molar-refractivity contribution in [2.45, 2.75) is 37.3 Å². The Morgan fingerprint density at radius 1 is 1.10 bits per heavy atom. The second kappa shape index (κ2) is 7.12. The summed E-state index contributed by atoms with van der Waals surface area (Å²) >= 11 is 0. The van der Waals surface area contributed by atoms with E-state index < -0.39 is 32.3 Å². The van der Waals surface area contributed by atoms with E-state index in [9.17, 15) is 26.4 Å². The zero-order valence-corrected chi connectivity index (χ0v) is 17.1. The molecule has 10 heteroatoms. The minimum absolute atomic E-state index is 0.0597. The fraction of sp³-hybridized carbons (Fsp3) is 0.450. The van der Waals surface area contributed by atoms with Crippen molar-refractivity contribution < 1.29 is 30.8 Å². The fourth-order valence-corrected chi connectivity index (χ4v) is 6.14. The van der Waals surface area contributed by atoms with Crippen LogP contribution in [0.2, 0.25) is 0 Å². The molecule has 0 N–H and O–H groups in total. The molecule has 2 aromatic rings. The van der Waals surface area contributed by atoms with Gasteiger partial charge in [0, 0.05) is 31.4 Å². The highest BCUT2D eigenvalue weighted by atomic mass is 32.2. The first kappa shape index (κ1) is 20.9. The van der Waals surface area contributed by atoms with Crippen LogP contribution in [0.4, 0.5) is 18.9 Å². The molecule has 1 unspecified atom stereocenters. The van der Waals surface area contributed by atoms with Gasteiger partial charge in [0.05, 0.1) is 5.41 Å². The monoisotopic (exact) mass is 442 g/mol. The van der Waals surface area contributed by atoms with Gasteiger partial charge in [-0.15, -0.1) is 0 Å². The zero-order chi connectivity index (χ0) is 21.7. The Kier molecular flexibility index (Phi) is 4.97. The van der Waals surface area contributed by atoms with Crippen molar-refractivity contribution in [3.8, 4) is 0 Å². The van der Waals surface area contributed by atoms with E-state index in [1.165, 1.54) is 6.92 Å². The average molecular weight is 442 g/mol. The maximum atomic E-state index is 13.3. The number of anilines is 1. The molecule has 162 valence electrons. The van der Waals surface area contributed by atoms with Crippen LogP contribution >= 0.6 is 0 Å². The molecule has 0 radical (unpaired) electrons. The number of amides is 1. The number of carbonyl (C=O) groups is 1. The van der Waals surface area contributed by atoms with Crippen LogP contribution in [0.25, 0.3) is 0 Å². The Balaban J connectivity index is 1.64. The number of para-hydroxylation sites is 1. The number of nitrogens with zero attached hydrogens (tertiary/aromatic N) is 2. The number of hydrogen-bond acceptors (Lipinski definition) is 4. The molecule has 1 amide bonds. The van der Waals surface area contributed by atoms with E-state index >= 15 is 0 Å². The first-order chi connectivity index (χ1) is 14.0. The van der Waals surface area contributed by atoms with Crippen LogP contribution in [0.3, 0.4) is 0 Å². The summed E-state index contributed by atoms with van der Waals surface area (Å²) in [5, 5.41) is 0. The molecule has 2 saturated heterocycles. The summed E-state index contributed by atoms with van der Waals surface area (Å²) in [5.41, 5.74) is -0.206. The highest BCUT2D eigenvalue weighted by Gasteiger charge is 2.52. The zero-order valence-electron chi connectivity index (χ0n) is 16.3. The van der Waals surface area contributed by atoms with Gasteiger partial charge >= 0.3 is 6.18 Å². The predicted molar refractivity (Wildman–Crippen MR) is 102 cm³/mol. The van der Waals surface area contributed by atoms with Gasteiger partial charge in [-0.2, -0.15) is 17.5 Å². The summed E-state index contributed by atoms with van der Waals surface area (Å²) < 4.78 is 71.8. The van der Waals surface area contributed by atoms with Gasteiger partial charge in [0.1, 0.15) is 10.7 Å². The number of rotatable bonds is 3. The highest BCUT2D eigenvalue weighted by molar-refractivity contribution is 7.89. The molecule has 6 nitrogen and oxygen atoms in total. The lowest BCUT2D eigenvalue weighted by molar-refractivity contribution is -0.156. The summed E-state index contributed by atoms with van der Waals surface area (Å²) in [7, 11) is -4.48. The standard InChI is InChI=1S/C20H21F3N2O4S/c1-14-12-16(17(29-14)20(21,22)23)30(27,28)24-10-5-8-19(13-24)9-11-25(18(19)26)15-6-3-2-4-7-15/h2-4,6-7,12H,5,8-11,13H2,1H3. The van der Waals surface area contributed by atoms with Crippen molar-refractivity contribution >= 4 is 21.6 Å². The summed E-state index contributed by atoms with van der Waals surface area (Å²) in [6.07, 6.45) is -3.59.